The average molecular weight is 260 g/mol. The number of hydrogen-bond donors (Lipinski definition) is 2. The largest absolute Gasteiger partial charge is 0.488 e. The molecule has 0 spiro atoms. The summed E-state index contributed by atoms with van der Waals surface area (Å²) in [5, 5.41) is 0. The zero-order chi connectivity index (χ0) is 13.8. The van der Waals surface area contributed by atoms with Crippen molar-refractivity contribution >= 4 is 5.91 Å². The molecular weight excluding hydrogens is 244 g/mol. The normalized spacial score (nSPS) is 10.3. The number of aryl methyl sites for hydroxylation is 2. The van der Waals surface area contributed by atoms with E-state index in [9.17, 15) is 4.79 Å². The minimum Gasteiger partial charge on any atom is -0.488 e. The summed E-state index contributed by atoms with van der Waals surface area (Å²) in [5.74, 6) is 5.58. The number of ether oxygens (including phenoxy) is 1. The van der Waals surface area contributed by atoms with E-state index in [-0.39, 0.29) is 12.4 Å². The monoisotopic (exact) mass is 260 g/mol. The van der Waals surface area contributed by atoms with E-state index in [4.69, 9.17) is 15.0 Å². The van der Waals surface area contributed by atoms with Gasteiger partial charge < -0.3 is 9.15 Å². The van der Waals surface area contributed by atoms with Crippen LogP contribution in [0.3, 0.4) is 0 Å². The van der Waals surface area contributed by atoms with Gasteiger partial charge in [-0.1, -0.05) is 12.1 Å². The topological polar surface area (TPSA) is 77.5 Å². The van der Waals surface area contributed by atoms with E-state index in [0.29, 0.717) is 5.56 Å². The highest BCUT2D eigenvalue weighted by Crippen LogP contribution is 2.21. The number of nitrogen functional groups attached to an aromatic ring is 1. The summed E-state index contributed by atoms with van der Waals surface area (Å²) in [7, 11) is 0. The molecule has 0 aliphatic rings. The molecule has 5 heteroatoms. The molecule has 0 atom stereocenters. The van der Waals surface area contributed by atoms with E-state index < -0.39 is 5.91 Å². The molecule has 0 radical (unpaired) electrons. The van der Waals surface area contributed by atoms with Gasteiger partial charge in [-0.15, -0.1) is 0 Å². The predicted molar refractivity (Wildman–Crippen MR) is 70.6 cm³/mol. The lowest BCUT2D eigenvalue weighted by Crippen LogP contribution is -2.30. The fraction of sp³-hybridized carbons (Fsp3) is 0.214. The molecule has 19 heavy (non-hydrogen) atoms. The number of furan rings is 1. The first-order valence-electron chi connectivity index (χ1n) is 5.89. The number of nitrogens with two attached hydrogens (primary N) is 1. The summed E-state index contributed by atoms with van der Waals surface area (Å²) >= 11 is 0. The lowest BCUT2D eigenvalue weighted by atomic mass is 10.1. The third kappa shape index (κ3) is 2.95. The van der Waals surface area contributed by atoms with Crippen molar-refractivity contribution in [3.63, 3.8) is 0 Å². The van der Waals surface area contributed by atoms with Crippen LogP contribution in [-0.2, 0) is 6.61 Å². The Morgan fingerprint density at radius 1 is 1.37 bits per heavy atom. The minimum absolute atomic E-state index is 0.174. The summed E-state index contributed by atoms with van der Waals surface area (Å²) in [6, 6.07) is 7.66. The van der Waals surface area contributed by atoms with Crippen molar-refractivity contribution in [2.75, 3.05) is 0 Å². The average Bonchev–Trinajstić information content (AvgIpc) is 2.87. The van der Waals surface area contributed by atoms with E-state index >= 15 is 0 Å². The first-order valence-corrected chi connectivity index (χ1v) is 5.89. The Morgan fingerprint density at radius 3 is 2.89 bits per heavy atom. The highest BCUT2D eigenvalue weighted by molar-refractivity contribution is 5.92. The lowest BCUT2D eigenvalue weighted by molar-refractivity contribution is 0.0922. The zero-order valence-corrected chi connectivity index (χ0v) is 10.9. The van der Waals surface area contributed by atoms with Gasteiger partial charge in [0.15, 0.2) is 5.76 Å². The molecule has 1 amide bonds. The van der Waals surface area contributed by atoms with E-state index in [1.54, 1.807) is 6.07 Å². The first kappa shape index (κ1) is 13.2. The van der Waals surface area contributed by atoms with Crippen LogP contribution in [0.5, 0.6) is 5.75 Å². The molecule has 0 aliphatic carbocycles. The number of rotatable bonds is 4. The second-order valence-corrected chi connectivity index (χ2v) is 4.31. The van der Waals surface area contributed by atoms with Crippen molar-refractivity contribution in [3.05, 3.63) is 53.0 Å². The molecule has 0 bridgehead atoms. The van der Waals surface area contributed by atoms with Gasteiger partial charge >= 0.3 is 5.91 Å². The molecule has 0 saturated heterocycles. The van der Waals surface area contributed by atoms with Crippen molar-refractivity contribution in [2.24, 2.45) is 5.84 Å². The lowest BCUT2D eigenvalue weighted by Gasteiger charge is -2.09. The molecule has 0 unspecified atom stereocenters. The van der Waals surface area contributed by atoms with Crippen LogP contribution >= 0.6 is 0 Å². The standard InChI is InChI=1S/C14H16N2O3/c1-9-3-4-10(2)12(7-9)19-8-11-5-6-18-13(11)14(17)16-15/h3-7H,8,15H2,1-2H3,(H,16,17). The number of amides is 1. The fourth-order valence-electron chi connectivity index (χ4n) is 1.73. The van der Waals surface area contributed by atoms with Gasteiger partial charge in [0, 0.05) is 5.56 Å². The van der Waals surface area contributed by atoms with Gasteiger partial charge in [-0.2, -0.15) is 0 Å². The fourth-order valence-corrected chi connectivity index (χ4v) is 1.73. The van der Waals surface area contributed by atoms with Crippen LogP contribution in [0.4, 0.5) is 0 Å². The predicted octanol–water partition coefficient (Wildman–Crippen LogP) is 2.08. The molecule has 1 heterocycles. The first-order chi connectivity index (χ1) is 9.11. The molecule has 2 aromatic rings. The summed E-state index contributed by atoms with van der Waals surface area (Å²) in [4.78, 5) is 11.4. The zero-order valence-electron chi connectivity index (χ0n) is 10.9. The third-order valence-corrected chi connectivity index (χ3v) is 2.81. The van der Waals surface area contributed by atoms with Gasteiger partial charge in [0.2, 0.25) is 0 Å². The molecule has 5 nitrogen and oxygen atoms in total. The van der Waals surface area contributed by atoms with Crippen molar-refractivity contribution in [1.82, 2.24) is 5.43 Å². The second-order valence-electron chi connectivity index (χ2n) is 4.31. The highest BCUT2D eigenvalue weighted by atomic mass is 16.5. The molecule has 0 aliphatic heterocycles. The Bertz CT molecular complexity index is 590. The van der Waals surface area contributed by atoms with E-state index in [1.807, 2.05) is 37.5 Å². The van der Waals surface area contributed by atoms with Crippen LogP contribution in [0.25, 0.3) is 0 Å². The van der Waals surface area contributed by atoms with Gasteiger partial charge in [0.05, 0.1) is 6.26 Å². The van der Waals surface area contributed by atoms with Crippen LogP contribution in [0.2, 0.25) is 0 Å². The summed E-state index contributed by atoms with van der Waals surface area (Å²) in [6.07, 6.45) is 1.44. The van der Waals surface area contributed by atoms with Crippen LogP contribution < -0.4 is 16.0 Å². The smallest absolute Gasteiger partial charge is 0.301 e. The number of nitrogens with one attached hydrogen (secondary N) is 1. The summed E-state index contributed by atoms with van der Waals surface area (Å²) in [6.45, 7) is 4.22. The van der Waals surface area contributed by atoms with Gasteiger partial charge in [0.1, 0.15) is 12.4 Å². The maximum atomic E-state index is 11.4. The summed E-state index contributed by atoms with van der Waals surface area (Å²) < 4.78 is 10.8. The minimum atomic E-state index is -0.468. The highest BCUT2D eigenvalue weighted by Gasteiger charge is 2.14. The van der Waals surface area contributed by atoms with Crippen molar-refractivity contribution < 1.29 is 13.9 Å². The number of carbonyl (C=O) groups excluding carboxylic acids is 1. The SMILES string of the molecule is Cc1ccc(C)c(OCc2ccoc2C(=O)NN)c1. The Kier molecular flexibility index (Phi) is 3.87. The van der Waals surface area contributed by atoms with Gasteiger partial charge in [0.25, 0.3) is 0 Å². The molecule has 1 aromatic carbocycles. The Morgan fingerprint density at radius 2 is 2.16 bits per heavy atom. The third-order valence-electron chi connectivity index (χ3n) is 2.81. The molecule has 3 N–H and O–H groups in total. The Hall–Kier alpha value is -2.27. The van der Waals surface area contributed by atoms with Gasteiger partial charge in [-0.05, 0) is 37.1 Å². The van der Waals surface area contributed by atoms with E-state index in [1.165, 1.54) is 6.26 Å². The van der Waals surface area contributed by atoms with Crippen LogP contribution in [0.1, 0.15) is 27.2 Å². The molecular formula is C14H16N2O3. The quantitative estimate of drug-likeness (QED) is 0.501. The number of hydrazine groups is 1. The van der Waals surface area contributed by atoms with E-state index in [2.05, 4.69) is 0 Å². The molecule has 100 valence electrons. The Balaban J connectivity index is 2.13. The maximum absolute atomic E-state index is 11.4. The van der Waals surface area contributed by atoms with Crippen LogP contribution in [-0.4, -0.2) is 5.91 Å². The number of carbonyl (C=O) groups is 1. The summed E-state index contributed by atoms with van der Waals surface area (Å²) in [5.41, 5.74) is 4.85. The van der Waals surface area contributed by atoms with Crippen molar-refractivity contribution in [2.45, 2.75) is 20.5 Å². The molecule has 1 aromatic heterocycles. The number of hydrogen-bond acceptors (Lipinski definition) is 4. The van der Waals surface area contributed by atoms with E-state index in [0.717, 1.165) is 16.9 Å². The maximum Gasteiger partial charge on any atom is 0.301 e. The van der Waals surface area contributed by atoms with Crippen molar-refractivity contribution in [3.8, 4) is 5.75 Å². The molecule has 0 fully saturated rings. The number of benzene rings is 1. The Labute approximate surface area is 111 Å². The molecule has 0 saturated carbocycles. The second kappa shape index (κ2) is 5.58. The van der Waals surface area contributed by atoms with Crippen molar-refractivity contribution in [1.29, 1.82) is 0 Å². The van der Waals surface area contributed by atoms with Gasteiger partial charge in [-0.25, -0.2) is 5.84 Å². The van der Waals surface area contributed by atoms with Crippen LogP contribution in [0, 0.1) is 13.8 Å². The van der Waals surface area contributed by atoms with Crippen LogP contribution in [0.15, 0.2) is 34.9 Å². The molecule has 2 rings (SSSR count). The van der Waals surface area contributed by atoms with Gasteiger partial charge in [-0.3, -0.25) is 10.2 Å².